The van der Waals surface area contributed by atoms with Crippen molar-refractivity contribution in [2.24, 2.45) is 5.73 Å². The van der Waals surface area contributed by atoms with E-state index in [2.05, 4.69) is 0 Å². The van der Waals surface area contributed by atoms with Crippen LogP contribution in [-0.4, -0.2) is 43.0 Å². The molecule has 0 aromatic heterocycles. The van der Waals surface area contributed by atoms with Crippen LogP contribution in [0.3, 0.4) is 0 Å². The highest BCUT2D eigenvalue weighted by Gasteiger charge is 2.27. The summed E-state index contributed by atoms with van der Waals surface area (Å²) in [7, 11) is 0. The lowest BCUT2D eigenvalue weighted by Crippen LogP contribution is -2.40. The maximum absolute atomic E-state index is 14.4. The standard InChI is InChI=1S/C25H20F2N2O3/c26-17-2-4-19(23(27)13-17)16-11-20-18-3-1-14(25(31)29-5-7-32-8-6-29)9-15(18)10-21(20)22(12-16)24(28)30/h1-4,9,11-13H,5-8,10H2,(H2,28,30). The number of amides is 2. The number of primary amides is 1. The summed E-state index contributed by atoms with van der Waals surface area (Å²) in [5, 5.41) is 0. The molecule has 0 unspecified atom stereocenters. The van der Waals surface area contributed by atoms with E-state index < -0.39 is 17.5 Å². The van der Waals surface area contributed by atoms with Gasteiger partial charge in [-0.1, -0.05) is 6.07 Å². The van der Waals surface area contributed by atoms with E-state index in [4.69, 9.17) is 10.5 Å². The predicted molar refractivity (Wildman–Crippen MR) is 115 cm³/mol. The van der Waals surface area contributed by atoms with Crippen LogP contribution in [0.25, 0.3) is 22.3 Å². The number of hydrogen-bond acceptors (Lipinski definition) is 3. The fourth-order valence-electron chi connectivity index (χ4n) is 4.48. The normalized spacial score (nSPS) is 14.8. The molecule has 0 radical (unpaired) electrons. The molecular weight excluding hydrogens is 414 g/mol. The summed E-state index contributed by atoms with van der Waals surface area (Å²) in [5.74, 6) is -2.07. The molecule has 2 aliphatic rings. The highest BCUT2D eigenvalue weighted by Crippen LogP contribution is 2.42. The fraction of sp³-hybridized carbons (Fsp3) is 0.200. The maximum Gasteiger partial charge on any atom is 0.254 e. The van der Waals surface area contributed by atoms with E-state index in [1.54, 1.807) is 23.1 Å². The van der Waals surface area contributed by atoms with Gasteiger partial charge in [0, 0.05) is 35.8 Å². The van der Waals surface area contributed by atoms with Gasteiger partial charge in [-0.3, -0.25) is 9.59 Å². The van der Waals surface area contributed by atoms with Gasteiger partial charge < -0.3 is 15.4 Å². The van der Waals surface area contributed by atoms with Crippen LogP contribution in [0.15, 0.2) is 48.5 Å². The summed E-state index contributed by atoms with van der Waals surface area (Å²) in [6.45, 7) is 2.14. The Morgan fingerprint density at radius 1 is 0.906 bits per heavy atom. The minimum atomic E-state index is -0.718. The van der Waals surface area contributed by atoms with Crippen LogP contribution in [-0.2, 0) is 11.2 Å². The molecule has 1 saturated heterocycles. The summed E-state index contributed by atoms with van der Waals surface area (Å²) in [5.41, 5.74) is 10.4. The molecule has 1 aliphatic heterocycles. The number of nitrogens with two attached hydrogens (primary N) is 1. The Kier molecular flexibility index (Phi) is 4.98. The number of halogens is 2. The number of rotatable bonds is 3. The molecule has 1 aliphatic carbocycles. The van der Waals surface area contributed by atoms with Gasteiger partial charge in [0.25, 0.3) is 5.91 Å². The van der Waals surface area contributed by atoms with E-state index >= 15 is 0 Å². The Labute approximate surface area is 183 Å². The number of hydrogen-bond donors (Lipinski definition) is 1. The third-order valence-electron chi connectivity index (χ3n) is 6.07. The zero-order chi connectivity index (χ0) is 22.4. The summed E-state index contributed by atoms with van der Waals surface area (Å²) in [6, 6.07) is 12.1. The first kappa shape index (κ1) is 20.3. The van der Waals surface area contributed by atoms with Crippen molar-refractivity contribution >= 4 is 11.8 Å². The molecule has 1 heterocycles. The maximum atomic E-state index is 14.4. The van der Waals surface area contributed by atoms with Crippen LogP contribution in [0.2, 0.25) is 0 Å². The van der Waals surface area contributed by atoms with E-state index in [9.17, 15) is 18.4 Å². The van der Waals surface area contributed by atoms with Gasteiger partial charge in [0.2, 0.25) is 5.91 Å². The Hall–Kier alpha value is -3.58. The third-order valence-corrected chi connectivity index (χ3v) is 6.07. The molecule has 162 valence electrons. The second-order valence-corrected chi connectivity index (χ2v) is 7.99. The van der Waals surface area contributed by atoms with Gasteiger partial charge in [-0.2, -0.15) is 0 Å². The number of fused-ring (bicyclic) bond motifs is 3. The molecule has 3 aromatic rings. The smallest absolute Gasteiger partial charge is 0.254 e. The lowest BCUT2D eigenvalue weighted by atomic mass is 9.93. The first-order chi connectivity index (χ1) is 15.4. The van der Waals surface area contributed by atoms with E-state index in [0.717, 1.165) is 28.3 Å². The van der Waals surface area contributed by atoms with Crippen LogP contribution in [0, 0.1) is 11.6 Å². The Bertz CT molecular complexity index is 1270. The monoisotopic (exact) mass is 434 g/mol. The van der Waals surface area contributed by atoms with E-state index in [-0.39, 0.29) is 11.5 Å². The number of ether oxygens (including phenoxy) is 1. The summed E-state index contributed by atoms with van der Waals surface area (Å²) in [4.78, 5) is 26.8. The van der Waals surface area contributed by atoms with Crippen molar-refractivity contribution in [2.45, 2.75) is 6.42 Å². The molecule has 1 fully saturated rings. The quantitative estimate of drug-likeness (QED) is 0.534. The molecule has 0 saturated carbocycles. The van der Waals surface area contributed by atoms with Gasteiger partial charge in [-0.25, -0.2) is 8.78 Å². The summed E-state index contributed by atoms with van der Waals surface area (Å²) < 4.78 is 33.1. The molecule has 0 bridgehead atoms. The van der Waals surface area contributed by atoms with E-state index in [0.29, 0.717) is 49.4 Å². The minimum absolute atomic E-state index is 0.0590. The Morgan fingerprint density at radius 2 is 1.66 bits per heavy atom. The molecule has 0 atom stereocenters. The van der Waals surface area contributed by atoms with Gasteiger partial charge in [0.05, 0.1) is 13.2 Å². The highest BCUT2D eigenvalue weighted by molar-refractivity contribution is 6.01. The zero-order valence-electron chi connectivity index (χ0n) is 17.2. The van der Waals surface area contributed by atoms with Gasteiger partial charge in [-0.15, -0.1) is 0 Å². The molecule has 3 aromatic carbocycles. The highest BCUT2D eigenvalue weighted by atomic mass is 19.1. The summed E-state index contributed by atoms with van der Waals surface area (Å²) >= 11 is 0. The average Bonchev–Trinajstić information content (AvgIpc) is 3.16. The van der Waals surface area contributed by atoms with Gasteiger partial charge in [0.15, 0.2) is 0 Å². The first-order valence-corrected chi connectivity index (χ1v) is 10.3. The molecular formula is C25H20F2N2O3. The fourth-order valence-corrected chi connectivity index (χ4v) is 4.48. The third kappa shape index (κ3) is 3.44. The molecule has 0 spiro atoms. The lowest BCUT2D eigenvalue weighted by Gasteiger charge is -2.27. The van der Waals surface area contributed by atoms with Crippen LogP contribution in [0.5, 0.6) is 0 Å². The van der Waals surface area contributed by atoms with Crippen molar-refractivity contribution in [2.75, 3.05) is 26.3 Å². The van der Waals surface area contributed by atoms with Gasteiger partial charge in [-0.05, 0) is 70.6 Å². The van der Waals surface area contributed by atoms with Gasteiger partial charge in [0.1, 0.15) is 11.6 Å². The van der Waals surface area contributed by atoms with E-state index in [1.165, 1.54) is 12.1 Å². The van der Waals surface area contributed by atoms with Crippen molar-refractivity contribution in [3.8, 4) is 22.3 Å². The number of carbonyl (C=O) groups excluding carboxylic acids is 2. The average molecular weight is 434 g/mol. The van der Waals surface area contributed by atoms with E-state index in [1.807, 2.05) is 12.1 Å². The number of benzene rings is 3. The van der Waals surface area contributed by atoms with Crippen molar-refractivity contribution < 1.29 is 23.1 Å². The molecule has 2 N–H and O–H groups in total. The second-order valence-electron chi connectivity index (χ2n) is 7.99. The Morgan fingerprint density at radius 3 is 2.38 bits per heavy atom. The van der Waals surface area contributed by atoms with Crippen molar-refractivity contribution in [1.82, 2.24) is 4.90 Å². The predicted octanol–water partition coefficient (Wildman–Crippen LogP) is 3.77. The lowest BCUT2D eigenvalue weighted by molar-refractivity contribution is 0.0303. The second kappa shape index (κ2) is 7.84. The van der Waals surface area contributed by atoms with Crippen LogP contribution >= 0.6 is 0 Å². The SMILES string of the molecule is NC(=O)c1cc(-c2ccc(F)cc2F)cc2c1Cc1cc(C(=O)N3CCOCC3)ccc1-2. The van der Waals surface area contributed by atoms with Crippen LogP contribution in [0.1, 0.15) is 31.8 Å². The topological polar surface area (TPSA) is 72.6 Å². The first-order valence-electron chi connectivity index (χ1n) is 10.3. The minimum Gasteiger partial charge on any atom is -0.378 e. The Balaban J connectivity index is 1.58. The molecule has 2 amide bonds. The van der Waals surface area contributed by atoms with Crippen molar-refractivity contribution in [3.63, 3.8) is 0 Å². The molecule has 32 heavy (non-hydrogen) atoms. The number of carbonyl (C=O) groups is 2. The van der Waals surface area contributed by atoms with Gasteiger partial charge >= 0.3 is 0 Å². The largest absolute Gasteiger partial charge is 0.378 e. The van der Waals surface area contributed by atoms with Crippen molar-refractivity contribution in [1.29, 1.82) is 0 Å². The molecule has 5 rings (SSSR count). The van der Waals surface area contributed by atoms with Crippen LogP contribution < -0.4 is 5.73 Å². The number of morpholine rings is 1. The van der Waals surface area contributed by atoms with Crippen LogP contribution in [0.4, 0.5) is 8.78 Å². The zero-order valence-corrected chi connectivity index (χ0v) is 17.2. The molecule has 5 nitrogen and oxygen atoms in total. The summed E-state index contributed by atoms with van der Waals surface area (Å²) in [6.07, 6.45) is 0.444. The van der Waals surface area contributed by atoms with Crippen molar-refractivity contribution in [3.05, 3.63) is 82.4 Å². The molecule has 7 heteroatoms. The number of nitrogens with zero attached hydrogens (tertiary/aromatic N) is 1.